The Morgan fingerprint density at radius 2 is 1.63 bits per heavy atom. The number of amides is 2. The zero-order chi connectivity index (χ0) is 18.9. The second kappa shape index (κ2) is 7.44. The van der Waals surface area contributed by atoms with E-state index in [9.17, 15) is 9.59 Å². The van der Waals surface area contributed by atoms with E-state index in [0.717, 1.165) is 11.1 Å². The van der Waals surface area contributed by atoms with Crippen LogP contribution in [0.15, 0.2) is 73.3 Å². The number of carbonyl (C=O) groups is 2. The van der Waals surface area contributed by atoms with Crippen LogP contribution in [0.3, 0.4) is 0 Å². The molecule has 0 spiro atoms. The minimum Gasteiger partial charge on any atom is -0.314 e. The fraction of sp³-hybridized carbons (Fsp3) is 0.238. The van der Waals surface area contributed by atoms with Gasteiger partial charge in [-0.3, -0.25) is 9.59 Å². The van der Waals surface area contributed by atoms with Crippen LogP contribution in [0.2, 0.25) is 0 Å². The summed E-state index contributed by atoms with van der Waals surface area (Å²) in [5, 5.41) is -0.486. The molecule has 4 nitrogen and oxygen atoms in total. The van der Waals surface area contributed by atoms with Gasteiger partial charge in [-0.15, -0.1) is 6.58 Å². The Morgan fingerprint density at radius 3 is 2.26 bits per heavy atom. The third kappa shape index (κ3) is 3.17. The molecule has 0 N–H and O–H groups in total. The Labute approximate surface area is 167 Å². The molecular formula is C21H20N2O2S2. The number of carbonyl (C=O) groups excluding carboxylic acids is 2. The van der Waals surface area contributed by atoms with Crippen molar-refractivity contribution in [3.05, 3.63) is 84.4 Å². The van der Waals surface area contributed by atoms with E-state index in [2.05, 4.69) is 6.58 Å². The lowest BCUT2D eigenvalue weighted by Gasteiger charge is -2.55. The van der Waals surface area contributed by atoms with Gasteiger partial charge in [0.2, 0.25) is 0 Å². The molecule has 3 aliphatic rings. The standard InChI is InChI=1S/C21H20N2O2S2/c1-2-13-23-18(24)19-22(15-17-11-7-4-8-12-17)20(25)21(23,27-26-19)14-16-9-5-3-6-10-16/h2-12,19H,1,13-15H2/t19-,21-/m0/s1. The number of hydrogen-bond acceptors (Lipinski definition) is 4. The lowest BCUT2D eigenvalue weighted by molar-refractivity contribution is -0.160. The summed E-state index contributed by atoms with van der Waals surface area (Å²) >= 11 is 0. The van der Waals surface area contributed by atoms with Crippen LogP contribution >= 0.6 is 21.6 Å². The first-order valence-electron chi connectivity index (χ1n) is 8.81. The first-order valence-corrected chi connectivity index (χ1v) is 11.0. The highest BCUT2D eigenvalue weighted by atomic mass is 33.1. The molecule has 138 valence electrons. The Balaban J connectivity index is 1.71. The van der Waals surface area contributed by atoms with E-state index < -0.39 is 10.2 Å². The molecule has 27 heavy (non-hydrogen) atoms. The minimum absolute atomic E-state index is 0.00501. The second-order valence-electron chi connectivity index (χ2n) is 6.63. The van der Waals surface area contributed by atoms with Crippen LogP contribution in [0.4, 0.5) is 0 Å². The Kier molecular flexibility index (Phi) is 5.02. The molecule has 0 saturated carbocycles. The predicted octanol–water partition coefficient (Wildman–Crippen LogP) is 3.70. The quantitative estimate of drug-likeness (QED) is 0.551. The van der Waals surface area contributed by atoms with Gasteiger partial charge in [-0.25, -0.2) is 0 Å². The molecular weight excluding hydrogens is 376 g/mol. The van der Waals surface area contributed by atoms with E-state index in [1.807, 2.05) is 60.7 Å². The summed E-state index contributed by atoms with van der Waals surface area (Å²) in [5.74, 6) is -0.00415. The van der Waals surface area contributed by atoms with Crippen LogP contribution in [-0.4, -0.2) is 38.4 Å². The summed E-state index contributed by atoms with van der Waals surface area (Å²) in [6.45, 7) is 4.61. The number of fused-ring (bicyclic) bond motifs is 3. The maximum Gasteiger partial charge on any atom is 0.261 e. The van der Waals surface area contributed by atoms with Crippen LogP contribution in [0.25, 0.3) is 0 Å². The van der Waals surface area contributed by atoms with Crippen molar-refractivity contribution in [1.29, 1.82) is 0 Å². The topological polar surface area (TPSA) is 40.6 Å². The molecule has 2 bridgehead atoms. The van der Waals surface area contributed by atoms with Crippen LogP contribution in [0, 0.1) is 0 Å². The molecule has 3 aliphatic heterocycles. The molecule has 3 saturated heterocycles. The van der Waals surface area contributed by atoms with E-state index in [0.29, 0.717) is 19.5 Å². The van der Waals surface area contributed by atoms with E-state index in [1.165, 1.54) is 21.6 Å². The minimum atomic E-state index is -0.930. The summed E-state index contributed by atoms with van der Waals surface area (Å²) < 4.78 is 0. The number of nitrogens with zero attached hydrogens (tertiary/aromatic N) is 2. The second-order valence-corrected chi connectivity index (χ2v) is 9.19. The van der Waals surface area contributed by atoms with Gasteiger partial charge >= 0.3 is 0 Å². The number of piperazine rings is 1. The van der Waals surface area contributed by atoms with Crippen LogP contribution in [0.1, 0.15) is 11.1 Å². The van der Waals surface area contributed by atoms with E-state index >= 15 is 0 Å². The van der Waals surface area contributed by atoms with Crippen molar-refractivity contribution in [3.63, 3.8) is 0 Å². The predicted molar refractivity (Wildman–Crippen MR) is 111 cm³/mol. The smallest absolute Gasteiger partial charge is 0.261 e. The molecule has 2 amide bonds. The van der Waals surface area contributed by atoms with Crippen LogP contribution in [0.5, 0.6) is 0 Å². The van der Waals surface area contributed by atoms with Crippen molar-refractivity contribution in [3.8, 4) is 0 Å². The van der Waals surface area contributed by atoms with Gasteiger partial charge in [-0.1, -0.05) is 88.3 Å². The van der Waals surface area contributed by atoms with Crippen molar-refractivity contribution in [2.75, 3.05) is 6.54 Å². The highest BCUT2D eigenvalue weighted by Gasteiger charge is 2.61. The summed E-state index contributed by atoms with van der Waals surface area (Å²) in [6, 6.07) is 19.7. The molecule has 3 fully saturated rings. The molecule has 2 aromatic carbocycles. The Hall–Kier alpha value is -2.18. The first kappa shape index (κ1) is 18.2. The summed E-state index contributed by atoms with van der Waals surface area (Å²) in [7, 11) is 3.01. The van der Waals surface area contributed by atoms with Gasteiger partial charge in [0.15, 0.2) is 10.2 Å². The van der Waals surface area contributed by atoms with E-state index in [-0.39, 0.29) is 11.8 Å². The molecule has 6 heteroatoms. The largest absolute Gasteiger partial charge is 0.314 e. The zero-order valence-electron chi connectivity index (χ0n) is 14.8. The van der Waals surface area contributed by atoms with Gasteiger partial charge in [-0.05, 0) is 11.1 Å². The lowest BCUT2D eigenvalue weighted by Crippen LogP contribution is -2.72. The summed E-state index contributed by atoms with van der Waals surface area (Å²) in [6.07, 6.45) is 2.19. The number of benzene rings is 2. The van der Waals surface area contributed by atoms with Crippen molar-refractivity contribution < 1.29 is 9.59 Å². The first-order chi connectivity index (χ1) is 13.2. The SMILES string of the molecule is C=CCN1C(=O)[C@@H]2SS[C@@]1(Cc1ccccc1)C(=O)N2Cc1ccccc1. The zero-order valence-corrected chi connectivity index (χ0v) is 16.4. The highest BCUT2D eigenvalue weighted by molar-refractivity contribution is 8.78. The molecule has 2 atom stereocenters. The Morgan fingerprint density at radius 1 is 1.00 bits per heavy atom. The van der Waals surface area contributed by atoms with Crippen molar-refractivity contribution >= 4 is 33.4 Å². The summed E-state index contributed by atoms with van der Waals surface area (Å²) in [4.78, 5) is 29.3. The lowest BCUT2D eigenvalue weighted by atomic mass is 9.99. The van der Waals surface area contributed by atoms with Gasteiger partial charge in [0.1, 0.15) is 0 Å². The maximum atomic E-state index is 13.6. The molecule has 0 aliphatic carbocycles. The number of rotatable bonds is 6. The van der Waals surface area contributed by atoms with E-state index in [4.69, 9.17) is 0 Å². The number of hydrogen-bond donors (Lipinski definition) is 0. The van der Waals surface area contributed by atoms with Crippen molar-refractivity contribution in [2.24, 2.45) is 0 Å². The van der Waals surface area contributed by atoms with Gasteiger partial charge < -0.3 is 9.80 Å². The van der Waals surface area contributed by atoms with Crippen molar-refractivity contribution in [2.45, 2.75) is 23.2 Å². The third-order valence-corrected chi connectivity index (χ3v) is 8.07. The normalized spacial score (nSPS) is 24.4. The molecule has 2 aromatic rings. The van der Waals surface area contributed by atoms with Gasteiger partial charge in [-0.2, -0.15) is 0 Å². The molecule has 0 unspecified atom stereocenters. The molecule has 3 heterocycles. The summed E-state index contributed by atoms with van der Waals surface area (Å²) in [5.41, 5.74) is 2.07. The highest BCUT2D eigenvalue weighted by Crippen LogP contribution is 2.55. The maximum absolute atomic E-state index is 13.6. The molecule has 0 aromatic heterocycles. The van der Waals surface area contributed by atoms with Gasteiger partial charge in [0.25, 0.3) is 11.8 Å². The third-order valence-electron chi connectivity index (χ3n) is 4.86. The van der Waals surface area contributed by atoms with Gasteiger partial charge in [0.05, 0.1) is 0 Å². The van der Waals surface area contributed by atoms with Gasteiger partial charge in [0, 0.05) is 19.5 Å². The van der Waals surface area contributed by atoms with Crippen LogP contribution in [-0.2, 0) is 22.6 Å². The molecule has 0 radical (unpaired) electrons. The van der Waals surface area contributed by atoms with E-state index in [1.54, 1.807) is 15.9 Å². The average molecular weight is 397 g/mol. The fourth-order valence-electron chi connectivity index (χ4n) is 3.56. The van der Waals surface area contributed by atoms with Crippen molar-refractivity contribution in [1.82, 2.24) is 9.80 Å². The average Bonchev–Trinajstić information content (AvgIpc) is 2.70. The fourth-order valence-corrected chi connectivity index (χ4v) is 6.94. The Bertz CT molecular complexity index is 859. The van der Waals surface area contributed by atoms with Crippen LogP contribution < -0.4 is 0 Å². The molecule has 5 rings (SSSR count). The monoisotopic (exact) mass is 396 g/mol.